The van der Waals surface area contributed by atoms with E-state index in [2.05, 4.69) is 4.72 Å². The molecule has 18 heavy (non-hydrogen) atoms. The first-order valence-corrected chi connectivity index (χ1v) is 8.37. The van der Waals surface area contributed by atoms with Crippen molar-refractivity contribution in [3.05, 3.63) is 0 Å². The van der Waals surface area contributed by atoms with Crippen LogP contribution < -0.4 is 10.5 Å². The van der Waals surface area contributed by atoms with E-state index < -0.39 is 15.6 Å². The molecule has 0 bridgehead atoms. The van der Waals surface area contributed by atoms with Gasteiger partial charge in [-0.15, -0.1) is 0 Å². The van der Waals surface area contributed by atoms with Crippen LogP contribution in [0.2, 0.25) is 0 Å². The monoisotopic (exact) mass is 294 g/mol. The number of hydrogen-bond acceptors (Lipinski definition) is 4. The Morgan fingerprint density at radius 3 is 2.50 bits per heavy atom. The first kappa shape index (κ1) is 15.8. The molecular formula is C11H22N2O3S2. The highest BCUT2D eigenvalue weighted by Crippen LogP contribution is 2.29. The maximum atomic E-state index is 12.0. The van der Waals surface area contributed by atoms with Gasteiger partial charge < -0.3 is 10.5 Å². The lowest BCUT2D eigenvalue weighted by Gasteiger charge is -2.36. The molecule has 5 nitrogen and oxygen atoms in total. The van der Waals surface area contributed by atoms with Crippen LogP contribution in [0.4, 0.5) is 0 Å². The number of ether oxygens (including phenoxy) is 1. The lowest BCUT2D eigenvalue weighted by atomic mass is 9.82. The Balaban J connectivity index is 2.68. The van der Waals surface area contributed by atoms with Crippen molar-refractivity contribution < 1.29 is 13.2 Å². The molecule has 0 radical (unpaired) electrons. The summed E-state index contributed by atoms with van der Waals surface area (Å²) >= 11 is 5.05. The van der Waals surface area contributed by atoms with Crippen LogP contribution in [0.1, 0.15) is 39.0 Å². The van der Waals surface area contributed by atoms with Crippen LogP contribution >= 0.6 is 12.2 Å². The zero-order chi connectivity index (χ0) is 13.6. The number of sulfonamides is 1. The van der Waals surface area contributed by atoms with Gasteiger partial charge >= 0.3 is 0 Å². The molecule has 1 aliphatic rings. The predicted octanol–water partition coefficient (Wildman–Crippen LogP) is 0.931. The molecule has 3 N–H and O–H groups in total. The second-order valence-corrected chi connectivity index (χ2v) is 6.91. The number of nitrogens with one attached hydrogen (secondary N) is 1. The Bertz CT molecular complexity index is 376. The number of hydrogen-bond donors (Lipinski definition) is 2. The van der Waals surface area contributed by atoms with Gasteiger partial charge in [0, 0.05) is 6.61 Å². The summed E-state index contributed by atoms with van der Waals surface area (Å²) in [6, 6.07) is 0. The van der Waals surface area contributed by atoms with E-state index in [-0.39, 0.29) is 17.3 Å². The van der Waals surface area contributed by atoms with E-state index in [9.17, 15) is 8.42 Å². The lowest BCUT2D eigenvalue weighted by molar-refractivity contribution is 0.163. The van der Waals surface area contributed by atoms with E-state index in [0.29, 0.717) is 19.4 Å². The van der Waals surface area contributed by atoms with Gasteiger partial charge in [-0.25, -0.2) is 13.1 Å². The fourth-order valence-corrected chi connectivity index (χ4v) is 3.88. The molecule has 0 atom stereocenters. The van der Waals surface area contributed by atoms with Crippen molar-refractivity contribution in [2.45, 2.75) is 44.6 Å². The van der Waals surface area contributed by atoms with E-state index in [1.807, 2.05) is 6.92 Å². The highest BCUT2D eigenvalue weighted by molar-refractivity contribution is 7.89. The van der Waals surface area contributed by atoms with Gasteiger partial charge in [0.2, 0.25) is 10.0 Å². The largest absolute Gasteiger partial charge is 0.392 e. The van der Waals surface area contributed by atoms with Crippen molar-refractivity contribution in [2.75, 3.05) is 19.0 Å². The standard InChI is InChI=1S/C11H22N2O3S2/c1-2-16-8-9-18(14,15)13-11(10(12)17)6-4-3-5-7-11/h13H,2-9H2,1H3,(H2,12,17). The maximum absolute atomic E-state index is 12.0. The van der Waals surface area contributed by atoms with E-state index in [1.54, 1.807) is 0 Å². The number of nitrogens with two attached hydrogens (primary N) is 1. The second kappa shape index (κ2) is 6.79. The molecule has 0 aliphatic heterocycles. The van der Waals surface area contributed by atoms with Crippen LogP contribution in [0.25, 0.3) is 0 Å². The molecule has 1 saturated carbocycles. The summed E-state index contributed by atoms with van der Waals surface area (Å²) in [6.07, 6.45) is 4.38. The van der Waals surface area contributed by atoms with Gasteiger partial charge in [0.15, 0.2) is 0 Å². The van der Waals surface area contributed by atoms with Crippen LogP contribution in [-0.4, -0.2) is 37.9 Å². The topological polar surface area (TPSA) is 81.4 Å². The minimum Gasteiger partial charge on any atom is -0.392 e. The van der Waals surface area contributed by atoms with Crippen molar-refractivity contribution in [1.82, 2.24) is 4.72 Å². The van der Waals surface area contributed by atoms with Crippen LogP contribution in [0.5, 0.6) is 0 Å². The average molecular weight is 294 g/mol. The molecule has 0 aromatic heterocycles. The molecule has 0 aromatic carbocycles. The zero-order valence-corrected chi connectivity index (χ0v) is 12.4. The Morgan fingerprint density at radius 2 is 2.00 bits per heavy atom. The molecular weight excluding hydrogens is 272 g/mol. The highest BCUT2D eigenvalue weighted by Gasteiger charge is 2.38. The van der Waals surface area contributed by atoms with E-state index in [4.69, 9.17) is 22.7 Å². The summed E-state index contributed by atoms with van der Waals surface area (Å²) in [6.45, 7) is 2.53. The molecule has 0 aromatic rings. The Morgan fingerprint density at radius 1 is 1.39 bits per heavy atom. The summed E-state index contributed by atoms with van der Waals surface area (Å²) in [5.74, 6) is -0.0504. The summed E-state index contributed by atoms with van der Waals surface area (Å²) in [4.78, 5) is 0.252. The van der Waals surface area contributed by atoms with Gasteiger partial charge in [-0.05, 0) is 19.8 Å². The molecule has 0 spiro atoms. The Kier molecular flexibility index (Phi) is 5.97. The zero-order valence-electron chi connectivity index (χ0n) is 10.8. The molecule has 1 aliphatic carbocycles. The van der Waals surface area contributed by atoms with Crippen molar-refractivity contribution in [1.29, 1.82) is 0 Å². The van der Waals surface area contributed by atoms with Gasteiger partial charge in [0.1, 0.15) is 0 Å². The second-order valence-electron chi connectivity index (χ2n) is 4.62. The van der Waals surface area contributed by atoms with Gasteiger partial charge in [0.25, 0.3) is 0 Å². The number of rotatable bonds is 7. The lowest BCUT2D eigenvalue weighted by Crippen LogP contribution is -2.58. The van der Waals surface area contributed by atoms with Crippen molar-refractivity contribution >= 4 is 27.2 Å². The fourth-order valence-electron chi connectivity index (χ4n) is 2.22. The molecule has 1 fully saturated rings. The predicted molar refractivity (Wildman–Crippen MR) is 76.0 cm³/mol. The first-order chi connectivity index (χ1) is 8.42. The van der Waals surface area contributed by atoms with Crippen LogP contribution in [-0.2, 0) is 14.8 Å². The quantitative estimate of drug-likeness (QED) is 0.539. The molecule has 0 unspecified atom stereocenters. The minimum atomic E-state index is -3.40. The summed E-state index contributed by atoms with van der Waals surface area (Å²) in [5.41, 5.74) is 5.01. The normalized spacial score (nSPS) is 19.6. The Labute approximate surface area is 115 Å². The third kappa shape index (κ3) is 4.46. The Hall–Kier alpha value is -0.240. The van der Waals surface area contributed by atoms with Crippen LogP contribution in [0, 0.1) is 0 Å². The molecule has 0 heterocycles. The third-order valence-corrected chi connectivity index (χ3v) is 5.03. The van der Waals surface area contributed by atoms with Crippen LogP contribution in [0.15, 0.2) is 0 Å². The first-order valence-electron chi connectivity index (χ1n) is 6.31. The maximum Gasteiger partial charge on any atom is 0.214 e. The smallest absolute Gasteiger partial charge is 0.214 e. The van der Waals surface area contributed by atoms with Crippen LogP contribution in [0.3, 0.4) is 0 Å². The minimum absolute atomic E-state index is 0.0504. The van der Waals surface area contributed by atoms with Gasteiger partial charge in [-0.2, -0.15) is 0 Å². The van der Waals surface area contributed by atoms with Crippen molar-refractivity contribution in [2.24, 2.45) is 5.73 Å². The number of thiocarbonyl (C=S) groups is 1. The third-order valence-electron chi connectivity index (χ3n) is 3.23. The molecule has 7 heteroatoms. The van der Waals surface area contributed by atoms with Crippen molar-refractivity contribution in [3.63, 3.8) is 0 Å². The highest BCUT2D eigenvalue weighted by atomic mass is 32.2. The van der Waals surface area contributed by atoms with Gasteiger partial charge in [-0.1, -0.05) is 31.5 Å². The fraction of sp³-hybridized carbons (Fsp3) is 0.909. The molecule has 0 saturated heterocycles. The summed E-state index contributed by atoms with van der Waals surface area (Å²) < 4.78 is 31.7. The van der Waals surface area contributed by atoms with Crippen molar-refractivity contribution in [3.8, 4) is 0 Å². The summed E-state index contributed by atoms with van der Waals surface area (Å²) in [5, 5.41) is 0. The average Bonchev–Trinajstić information content (AvgIpc) is 2.29. The molecule has 0 amide bonds. The SMILES string of the molecule is CCOCCS(=O)(=O)NC1(C(N)=S)CCCCC1. The molecule has 1 rings (SSSR count). The van der Waals surface area contributed by atoms with Gasteiger partial charge in [0.05, 0.1) is 22.9 Å². The van der Waals surface area contributed by atoms with Gasteiger partial charge in [-0.3, -0.25) is 0 Å². The summed E-state index contributed by atoms with van der Waals surface area (Å²) in [7, 11) is -3.40. The van der Waals surface area contributed by atoms with E-state index >= 15 is 0 Å². The van der Waals surface area contributed by atoms with E-state index in [1.165, 1.54) is 0 Å². The van der Waals surface area contributed by atoms with E-state index in [0.717, 1.165) is 19.3 Å². The molecule has 106 valence electrons.